The number of hydrogen-bond donors (Lipinski definition) is 3. The van der Waals surface area contributed by atoms with Gasteiger partial charge in [0.05, 0.1) is 0 Å². The summed E-state index contributed by atoms with van der Waals surface area (Å²) in [5, 5.41) is 28.9. The molecule has 0 radical (unpaired) electrons. The lowest BCUT2D eigenvalue weighted by molar-refractivity contribution is 0.453. The van der Waals surface area contributed by atoms with Gasteiger partial charge in [-0.25, -0.2) is 0 Å². The average Bonchev–Trinajstić information content (AvgIpc) is 2.25. The SMILES string of the molecule is Cc1cc(O)c2c(=O)c3c(O)cc(O)cc3oc2c1. The molecule has 3 rings (SSSR count). The van der Waals surface area contributed by atoms with Gasteiger partial charge in [0.1, 0.15) is 39.2 Å². The van der Waals surface area contributed by atoms with E-state index in [9.17, 15) is 20.1 Å². The van der Waals surface area contributed by atoms with Crippen LogP contribution in [0.1, 0.15) is 5.56 Å². The quantitative estimate of drug-likeness (QED) is 0.538. The van der Waals surface area contributed by atoms with Crippen LogP contribution in [-0.4, -0.2) is 15.3 Å². The van der Waals surface area contributed by atoms with Crippen molar-refractivity contribution in [3.05, 3.63) is 40.1 Å². The van der Waals surface area contributed by atoms with Gasteiger partial charge in [-0.05, 0) is 24.6 Å². The van der Waals surface area contributed by atoms with Crippen LogP contribution in [-0.2, 0) is 0 Å². The van der Waals surface area contributed by atoms with Crippen LogP contribution in [0.4, 0.5) is 0 Å². The fourth-order valence-electron chi connectivity index (χ4n) is 2.18. The van der Waals surface area contributed by atoms with E-state index in [1.165, 1.54) is 12.1 Å². The summed E-state index contributed by atoms with van der Waals surface area (Å²) in [7, 11) is 0. The molecule has 3 N–H and O–H groups in total. The Morgan fingerprint density at radius 2 is 1.47 bits per heavy atom. The molecule has 0 aliphatic heterocycles. The maximum absolute atomic E-state index is 12.3. The molecule has 0 unspecified atom stereocenters. The molecule has 0 amide bonds. The summed E-state index contributed by atoms with van der Waals surface area (Å²) in [6.45, 7) is 1.75. The zero-order chi connectivity index (χ0) is 13.7. The number of fused-ring (bicyclic) bond motifs is 2. The third-order valence-corrected chi connectivity index (χ3v) is 2.97. The summed E-state index contributed by atoms with van der Waals surface area (Å²) in [6, 6.07) is 5.35. The number of hydrogen-bond acceptors (Lipinski definition) is 5. The molecule has 0 saturated carbocycles. The molecular formula is C14H10O5. The van der Waals surface area contributed by atoms with Crippen molar-refractivity contribution in [3.8, 4) is 17.2 Å². The molecule has 0 spiro atoms. The summed E-state index contributed by atoms with van der Waals surface area (Å²) in [5.74, 6) is -0.784. The van der Waals surface area contributed by atoms with Crippen molar-refractivity contribution in [1.29, 1.82) is 0 Å². The molecule has 0 saturated heterocycles. The van der Waals surface area contributed by atoms with E-state index >= 15 is 0 Å². The summed E-state index contributed by atoms with van der Waals surface area (Å²) >= 11 is 0. The Hall–Kier alpha value is -2.69. The molecule has 5 heteroatoms. The van der Waals surface area contributed by atoms with Gasteiger partial charge in [0.15, 0.2) is 0 Å². The Bertz CT molecular complexity index is 808. The topological polar surface area (TPSA) is 90.9 Å². The first-order valence-corrected chi connectivity index (χ1v) is 5.59. The molecule has 0 fully saturated rings. The normalized spacial score (nSPS) is 11.2. The van der Waals surface area contributed by atoms with Crippen LogP contribution in [0.3, 0.4) is 0 Å². The van der Waals surface area contributed by atoms with Gasteiger partial charge >= 0.3 is 0 Å². The number of phenolic OH excluding ortho intramolecular Hbond substituents is 3. The smallest absolute Gasteiger partial charge is 0.208 e. The lowest BCUT2D eigenvalue weighted by Crippen LogP contribution is -2.03. The van der Waals surface area contributed by atoms with Crippen molar-refractivity contribution in [2.24, 2.45) is 0 Å². The van der Waals surface area contributed by atoms with E-state index in [1.54, 1.807) is 13.0 Å². The zero-order valence-corrected chi connectivity index (χ0v) is 9.97. The summed E-state index contributed by atoms with van der Waals surface area (Å²) in [5.41, 5.74) is 0.475. The van der Waals surface area contributed by atoms with Crippen LogP contribution in [0.15, 0.2) is 33.5 Å². The van der Waals surface area contributed by atoms with Gasteiger partial charge in [-0.3, -0.25) is 4.79 Å². The van der Waals surface area contributed by atoms with Crippen molar-refractivity contribution in [1.82, 2.24) is 0 Å². The molecule has 1 aromatic heterocycles. The molecule has 1 heterocycles. The second-order valence-electron chi connectivity index (χ2n) is 4.43. The largest absolute Gasteiger partial charge is 0.508 e. The first-order valence-electron chi connectivity index (χ1n) is 5.59. The van der Waals surface area contributed by atoms with Gasteiger partial charge in [-0.2, -0.15) is 0 Å². The van der Waals surface area contributed by atoms with Crippen LogP contribution >= 0.6 is 0 Å². The molecule has 3 aromatic rings. The van der Waals surface area contributed by atoms with Crippen molar-refractivity contribution in [3.63, 3.8) is 0 Å². The van der Waals surface area contributed by atoms with E-state index in [1.807, 2.05) is 0 Å². The number of aromatic hydroxyl groups is 3. The average molecular weight is 258 g/mol. The highest BCUT2D eigenvalue weighted by Gasteiger charge is 2.15. The van der Waals surface area contributed by atoms with Crippen molar-refractivity contribution in [2.75, 3.05) is 0 Å². The van der Waals surface area contributed by atoms with Gasteiger partial charge in [0.25, 0.3) is 0 Å². The van der Waals surface area contributed by atoms with Crippen molar-refractivity contribution >= 4 is 21.9 Å². The molecule has 0 atom stereocenters. The van der Waals surface area contributed by atoms with Crippen LogP contribution in [0.5, 0.6) is 17.2 Å². The molecule has 0 aliphatic rings. The molecule has 0 bridgehead atoms. The van der Waals surface area contributed by atoms with Crippen LogP contribution < -0.4 is 5.43 Å². The summed E-state index contributed by atoms with van der Waals surface area (Å²) in [6.07, 6.45) is 0. The van der Waals surface area contributed by atoms with Gasteiger partial charge in [0.2, 0.25) is 5.43 Å². The Morgan fingerprint density at radius 3 is 2.16 bits per heavy atom. The van der Waals surface area contributed by atoms with Crippen molar-refractivity contribution in [2.45, 2.75) is 6.92 Å². The van der Waals surface area contributed by atoms with Crippen LogP contribution in [0, 0.1) is 6.92 Å². The van der Waals surface area contributed by atoms with E-state index in [0.29, 0.717) is 0 Å². The van der Waals surface area contributed by atoms with E-state index < -0.39 is 5.43 Å². The van der Waals surface area contributed by atoms with E-state index in [0.717, 1.165) is 11.6 Å². The number of phenols is 3. The highest BCUT2D eigenvalue weighted by atomic mass is 16.3. The number of benzene rings is 2. The Kier molecular flexibility index (Phi) is 2.19. The lowest BCUT2D eigenvalue weighted by atomic mass is 10.1. The molecular weight excluding hydrogens is 248 g/mol. The summed E-state index contributed by atoms with van der Waals surface area (Å²) < 4.78 is 5.47. The molecule has 2 aromatic carbocycles. The van der Waals surface area contributed by atoms with Gasteiger partial charge in [0, 0.05) is 12.1 Å². The third-order valence-electron chi connectivity index (χ3n) is 2.97. The minimum atomic E-state index is -0.536. The van der Waals surface area contributed by atoms with E-state index in [-0.39, 0.29) is 39.2 Å². The Labute approximate surface area is 107 Å². The molecule has 5 nitrogen and oxygen atoms in total. The predicted octanol–water partition coefficient (Wildman–Crippen LogP) is 2.37. The molecule has 0 aliphatic carbocycles. The van der Waals surface area contributed by atoms with Crippen LogP contribution in [0.25, 0.3) is 21.9 Å². The highest BCUT2D eigenvalue weighted by Crippen LogP contribution is 2.32. The highest BCUT2D eigenvalue weighted by molar-refractivity contribution is 5.96. The lowest BCUT2D eigenvalue weighted by Gasteiger charge is -2.06. The molecule has 19 heavy (non-hydrogen) atoms. The minimum Gasteiger partial charge on any atom is -0.508 e. The van der Waals surface area contributed by atoms with Gasteiger partial charge < -0.3 is 19.7 Å². The summed E-state index contributed by atoms with van der Waals surface area (Å²) in [4.78, 5) is 12.3. The molecule has 96 valence electrons. The van der Waals surface area contributed by atoms with E-state index in [4.69, 9.17) is 4.42 Å². The number of aryl methyl sites for hydroxylation is 1. The second-order valence-corrected chi connectivity index (χ2v) is 4.43. The maximum atomic E-state index is 12.3. The zero-order valence-electron chi connectivity index (χ0n) is 9.97. The fourth-order valence-corrected chi connectivity index (χ4v) is 2.18. The maximum Gasteiger partial charge on any atom is 0.208 e. The second kappa shape index (κ2) is 3.65. The number of rotatable bonds is 0. The first-order chi connectivity index (χ1) is 8.97. The Morgan fingerprint density at radius 1 is 0.895 bits per heavy atom. The monoisotopic (exact) mass is 258 g/mol. The first kappa shape index (κ1) is 11.4. The standard InChI is InChI=1S/C14H10O5/c1-6-2-8(16)12-10(3-6)19-11-5-7(15)4-9(17)13(11)14(12)18/h2-5,15-17H,1H3. The minimum absolute atomic E-state index is 0.0130. The third kappa shape index (κ3) is 1.59. The fraction of sp³-hybridized carbons (Fsp3) is 0.0714. The van der Waals surface area contributed by atoms with Gasteiger partial charge in [-0.1, -0.05) is 0 Å². The van der Waals surface area contributed by atoms with Crippen molar-refractivity contribution < 1.29 is 19.7 Å². The predicted molar refractivity (Wildman–Crippen MR) is 69.7 cm³/mol. The van der Waals surface area contributed by atoms with Gasteiger partial charge in [-0.15, -0.1) is 0 Å². The van der Waals surface area contributed by atoms with E-state index in [2.05, 4.69) is 0 Å². The Balaban J connectivity index is 2.64. The van der Waals surface area contributed by atoms with Crippen LogP contribution in [0.2, 0.25) is 0 Å².